The minimum atomic E-state index is 0.126. The van der Waals surface area contributed by atoms with Gasteiger partial charge < -0.3 is 4.57 Å². The van der Waals surface area contributed by atoms with E-state index < -0.39 is 0 Å². The van der Waals surface area contributed by atoms with E-state index in [1.54, 1.807) is 11.8 Å². The number of aryl methyl sites for hydroxylation is 1. The third-order valence-corrected chi connectivity index (χ3v) is 3.40. The summed E-state index contributed by atoms with van der Waals surface area (Å²) in [5.74, 6) is 0.910. The number of hydrogen-bond donors (Lipinski definition) is 0. The summed E-state index contributed by atoms with van der Waals surface area (Å²) in [6, 6.07) is 9.80. The Morgan fingerprint density at radius 1 is 1.18 bits per heavy atom. The molecule has 2 nitrogen and oxygen atoms in total. The molecule has 0 fully saturated rings. The predicted molar refractivity (Wildman–Crippen MR) is 73.5 cm³/mol. The van der Waals surface area contributed by atoms with Crippen molar-refractivity contribution in [3.05, 3.63) is 52.9 Å². The molecule has 0 amide bonds. The zero-order chi connectivity index (χ0) is 12.3. The summed E-state index contributed by atoms with van der Waals surface area (Å²) < 4.78 is 1.95. The number of thioether (sulfide) groups is 1. The summed E-state index contributed by atoms with van der Waals surface area (Å²) in [6.45, 7) is 2.05. The van der Waals surface area contributed by atoms with Crippen molar-refractivity contribution in [3.8, 4) is 11.1 Å². The van der Waals surface area contributed by atoms with Gasteiger partial charge in [-0.15, -0.1) is 11.8 Å². The first kappa shape index (κ1) is 12.0. The van der Waals surface area contributed by atoms with Crippen molar-refractivity contribution in [2.24, 2.45) is 7.05 Å². The Kier molecular flexibility index (Phi) is 3.69. The van der Waals surface area contributed by atoms with Crippen LogP contribution in [-0.2, 0) is 7.05 Å². The van der Waals surface area contributed by atoms with E-state index in [4.69, 9.17) is 0 Å². The van der Waals surface area contributed by atoms with Gasteiger partial charge in [-0.2, -0.15) is 0 Å². The molecule has 0 spiro atoms. The van der Waals surface area contributed by atoms with Crippen molar-refractivity contribution < 1.29 is 0 Å². The second kappa shape index (κ2) is 5.23. The molecule has 1 aromatic carbocycles. The lowest BCUT2D eigenvalue weighted by atomic mass is 10.1. The minimum absolute atomic E-state index is 0.126. The van der Waals surface area contributed by atoms with E-state index in [2.05, 4.69) is 6.92 Å². The lowest BCUT2D eigenvalue weighted by Crippen LogP contribution is -2.11. The highest BCUT2D eigenvalue weighted by Gasteiger charge is 2.08. The highest BCUT2D eigenvalue weighted by molar-refractivity contribution is 7.99. The maximum absolute atomic E-state index is 12.3. The molecule has 0 aliphatic heterocycles. The number of benzene rings is 1. The second-order valence-corrected chi connectivity index (χ2v) is 5.14. The first-order chi connectivity index (χ1) is 8.22. The van der Waals surface area contributed by atoms with E-state index in [-0.39, 0.29) is 5.43 Å². The second-order valence-electron chi connectivity index (χ2n) is 3.83. The normalized spacial score (nSPS) is 10.5. The van der Waals surface area contributed by atoms with E-state index >= 15 is 0 Å². The van der Waals surface area contributed by atoms with Crippen LogP contribution in [0, 0.1) is 0 Å². The number of hydrogen-bond acceptors (Lipinski definition) is 2. The molecule has 0 atom stereocenters. The standard InChI is InChI=1S/C14H15NOS/c1-3-17-13-10-15(2)9-12(14(13)16)11-7-5-4-6-8-11/h4-10H,3H2,1-2H3. The maximum Gasteiger partial charge on any atom is 0.202 e. The Morgan fingerprint density at radius 2 is 1.88 bits per heavy atom. The molecule has 1 heterocycles. The minimum Gasteiger partial charge on any atom is -0.355 e. The molecule has 0 saturated heterocycles. The molecule has 1 aromatic heterocycles. The van der Waals surface area contributed by atoms with Gasteiger partial charge in [-0.05, 0) is 11.3 Å². The van der Waals surface area contributed by atoms with Crippen LogP contribution in [0.2, 0.25) is 0 Å². The SMILES string of the molecule is CCSc1cn(C)cc(-c2ccccc2)c1=O. The van der Waals surface area contributed by atoms with Crippen LogP contribution in [-0.4, -0.2) is 10.3 Å². The van der Waals surface area contributed by atoms with Gasteiger partial charge in [0, 0.05) is 25.0 Å². The first-order valence-electron chi connectivity index (χ1n) is 5.61. The Hall–Kier alpha value is -1.48. The molecular weight excluding hydrogens is 230 g/mol. The number of rotatable bonds is 3. The lowest BCUT2D eigenvalue weighted by molar-refractivity contribution is 0.877. The van der Waals surface area contributed by atoms with Crippen LogP contribution in [0.1, 0.15) is 6.92 Å². The molecular formula is C14H15NOS. The molecule has 0 saturated carbocycles. The van der Waals surface area contributed by atoms with Crippen molar-refractivity contribution in [1.29, 1.82) is 0 Å². The fourth-order valence-corrected chi connectivity index (χ4v) is 2.55. The zero-order valence-electron chi connectivity index (χ0n) is 10.0. The van der Waals surface area contributed by atoms with Crippen LogP contribution < -0.4 is 5.43 Å². The van der Waals surface area contributed by atoms with Crippen LogP contribution >= 0.6 is 11.8 Å². The van der Waals surface area contributed by atoms with Crippen molar-refractivity contribution in [1.82, 2.24) is 4.57 Å². The molecule has 0 unspecified atom stereocenters. The Balaban J connectivity index is 2.59. The summed E-state index contributed by atoms with van der Waals surface area (Å²) >= 11 is 1.59. The predicted octanol–water partition coefficient (Wildman–Crippen LogP) is 3.16. The Labute approximate surface area is 105 Å². The molecule has 3 heteroatoms. The van der Waals surface area contributed by atoms with Crippen molar-refractivity contribution in [2.45, 2.75) is 11.8 Å². The fraction of sp³-hybridized carbons (Fsp3) is 0.214. The average molecular weight is 245 g/mol. The van der Waals surface area contributed by atoms with Gasteiger partial charge in [0.1, 0.15) is 0 Å². The van der Waals surface area contributed by atoms with Crippen LogP contribution in [0.15, 0.2) is 52.4 Å². The van der Waals surface area contributed by atoms with Gasteiger partial charge in [0.2, 0.25) is 5.43 Å². The molecule has 0 bridgehead atoms. The number of pyridine rings is 1. The number of aromatic nitrogens is 1. The van der Waals surface area contributed by atoms with E-state index in [0.717, 1.165) is 21.8 Å². The zero-order valence-corrected chi connectivity index (χ0v) is 10.8. The third kappa shape index (κ3) is 2.61. The van der Waals surface area contributed by atoms with Gasteiger partial charge in [0.25, 0.3) is 0 Å². The molecule has 2 rings (SSSR count). The monoisotopic (exact) mass is 245 g/mol. The average Bonchev–Trinajstić information content (AvgIpc) is 2.35. The Bertz CT molecular complexity index is 560. The molecule has 2 aromatic rings. The number of nitrogens with zero attached hydrogens (tertiary/aromatic N) is 1. The van der Waals surface area contributed by atoms with Gasteiger partial charge >= 0.3 is 0 Å². The summed E-state index contributed by atoms with van der Waals surface area (Å²) in [5, 5.41) is 0. The summed E-state index contributed by atoms with van der Waals surface area (Å²) in [4.78, 5) is 13.1. The molecule has 88 valence electrons. The van der Waals surface area contributed by atoms with E-state index in [9.17, 15) is 4.79 Å². The molecule has 0 aliphatic rings. The highest BCUT2D eigenvalue weighted by atomic mass is 32.2. The van der Waals surface area contributed by atoms with Crippen LogP contribution in [0.4, 0.5) is 0 Å². The quantitative estimate of drug-likeness (QED) is 0.775. The summed E-state index contributed by atoms with van der Waals surface area (Å²) in [6.07, 6.45) is 3.78. The largest absolute Gasteiger partial charge is 0.355 e. The van der Waals surface area contributed by atoms with Gasteiger partial charge in [-0.25, -0.2) is 0 Å². The van der Waals surface area contributed by atoms with Crippen LogP contribution in [0.25, 0.3) is 11.1 Å². The van der Waals surface area contributed by atoms with E-state index in [1.807, 2.05) is 54.3 Å². The van der Waals surface area contributed by atoms with Crippen molar-refractivity contribution in [2.75, 3.05) is 5.75 Å². The summed E-state index contributed by atoms with van der Waals surface area (Å²) in [7, 11) is 1.95. The highest BCUT2D eigenvalue weighted by Crippen LogP contribution is 2.19. The van der Waals surface area contributed by atoms with Gasteiger partial charge in [-0.3, -0.25) is 4.79 Å². The third-order valence-electron chi connectivity index (χ3n) is 2.51. The molecule has 17 heavy (non-hydrogen) atoms. The first-order valence-corrected chi connectivity index (χ1v) is 6.59. The summed E-state index contributed by atoms with van der Waals surface area (Å²) in [5.41, 5.74) is 1.87. The van der Waals surface area contributed by atoms with Crippen LogP contribution in [0.3, 0.4) is 0 Å². The fourth-order valence-electron chi connectivity index (χ4n) is 1.76. The van der Waals surface area contributed by atoms with E-state index in [0.29, 0.717) is 0 Å². The van der Waals surface area contributed by atoms with Crippen molar-refractivity contribution in [3.63, 3.8) is 0 Å². The van der Waals surface area contributed by atoms with Gasteiger partial charge in [0.15, 0.2) is 0 Å². The Morgan fingerprint density at radius 3 is 2.53 bits per heavy atom. The lowest BCUT2D eigenvalue weighted by Gasteiger charge is -2.07. The van der Waals surface area contributed by atoms with Gasteiger partial charge in [0.05, 0.1) is 4.90 Å². The smallest absolute Gasteiger partial charge is 0.202 e. The maximum atomic E-state index is 12.3. The molecule has 0 aliphatic carbocycles. The topological polar surface area (TPSA) is 22.0 Å². The van der Waals surface area contributed by atoms with Crippen molar-refractivity contribution >= 4 is 11.8 Å². The van der Waals surface area contributed by atoms with E-state index in [1.165, 1.54) is 0 Å². The van der Waals surface area contributed by atoms with Crippen LogP contribution in [0.5, 0.6) is 0 Å². The molecule has 0 radical (unpaired) electrons. The van der Waals surface area contributed by atoms with Gasteiger partial charge in [-0.1, -0.05) is 37.3 Å². The molecule has 0 N–H and O–H groups in total.